The molecule has 0 aromatic heterocycles. The molecule has 0 saturated heterocycles. The molecular formula is C23H25FO6. The van der Waals surface area contributed by atoms with Gasteiger partial charge in [0.15, 0.2) is 29.7 Å². The van der Waals surface area contributed by atoms with Crippen LogP contribution in [-0.4, -0.2) is 38.2 Å². The molecule has 0 heterocycles. The first-order valence-electron chi connectivity index (χ1n) is 9.21. The van der Waals surface area contributed by atoms with Gasteiger partial charge in [-0.2, -0.15) is 0 Å². The lowest BCUT2D eigenvalue weighted by atomic mass is 10.1. The third kappa shape index (κ3) is 6.62. The summed E-state index contributed by atoms with van der Waals surface area (Å²) in [7, 11) is 2.75. The van der Waals surface area contributed by atoms with Gasteiger partial charge in [0.1, 0.15) is 11.4 Å². The molecule has 30 heavy (non-hydrogen) atoms. The van der Waals surface area contributed by atoms with Crippen LogP contribution in [0.4, 0.5) is 4.39 Å². The van der Waals surface area contributed by atoms with Gasteiger partial charge in [-0.1, -0.05) is 18.2 Å². The maximum atomic E-state index is 14.1. The molecule has 0 aliphatic rings. The molecule has 0 aliphatic heterocycles. The van der Waals surface area contributed by atoms with Gasteiger partial charge in [0.25, 0.3) is 0 Å². The van der Waals surface area contributed by atoms with Crippen molar-refractivity contribution in [2.45, 2.75) is 26.4 Å². The molecule has 2 aromatic rings. The average molecular weight is 416 g/mol. The largest absolute Gasteiger partial charge is 0.493 e. The molecule has 0 radical (unpaired) electrons. The van der Waals surface area contributed by atoms with Crippen LogP contribution in [0.25, 0.3) is 6.08 Å². The zero-order valence-electron chi connectivity index (χ0n) is 17.7. The fraction of sp³-hybridized carbons (Fsp3) is 0.304. The zero-order valence-corrected chi connectivity index (χ0v) is 17.7. The SMILES string of the molecule is COc1cc(C=CC(=O)c2cccc(OCC(=O)OC(C)(C)C)c2)cc(F)c1OC. The summed E-state index contributed by atoms with van der Waals surface area (Å²) in [5.74, 6) is -0.834. The molecule has 6 nitrogen and oxygen atoms in total. The van der Waals surface area contributed by atoms with Crippen LogP contribution in [0, 0.1) is 5.82 Å². The van der Waals surface area contributed by atoms with E-state index >= 15 is 0 Å². The lowest BCUT2D eigenvalue weighted by Crippen LogP contribution is -2.27. The summed E-state index contributed by atoms with van der Waals surface area (Å²) in [6, 6.07) is 9.21. The molecule has 0 saturated carbocycles. The van der Waals surface area contributed by atoms with Crippen molar-refractivity contribution >= 4 is 17.8 Å². The Hall–Kier alpha value is -3.35. The topological polar surface area (TPSA) is 71.1 Å². The summed E-state index contributed by atoms with van der Waals surface area (Å²) >= 11 is 0. The van der Waals surface area contributed by atoms with Crippen LogP contribution in [-0.2, 0) is 9.53 Å². The number of halogens is 1. The Morgan fingerprint density at radius 1 is 1.07 bits per heavy atom. The second-order valence-corrected chi connectivity index (χ2v) is 7.34. The maximum absolute atomic E-state index is 14.1. The van der Waals surface area contributed by atoms with Crippen molar-refractivity contribution in [3.05, 3.63) is 59.4 Å². The lowest BCUT2D eigenvalue weighted by Gasteiger charge is -2.19. The van der Waals surface area contributed by atoms with Gasteiger partial charge >= 0.3 is 5.97 Å². The molecule has 0 atom stereocenters. The van der Waals surface area contributed by atoms with Crippen molar-refractivity contribution < 1.29 is 32.9 Å². The molecule has 0 N–H and O–H groups in total. The Labute approximate surface area is 175 Å². The van der Waals surface area contributed by atoms with Gasteiger partial charge < -0.3 is 18.9 Å². The summed E-state index contributed by atoms with van der Waals surface area (Å²) in [5, 5.41) is 0. The third-order valence-corrected chi connectivity index (χ3v) is 3.78. The van der Waals surface area contributed by atoms with Crippen molar-refractivity contribution in [1.29, 1.82) is 0 Å². The standard InChI is InChI=1S/C23H25FO6/c1-23(2,3)30-21(26)14-29-17-8-6-7-16(13-17)19(25)10-9-15-11-18(24)22(28-5)20(12-15)27-4/h6-13H,14H2,1-5H3. The van der Waals surface area contributed by atoms with E-state index in [2.05, 4.69) is 0 Å². The van der Waals surface area contributed by atoms with Crippen molar-refractivity contribution in [1.82, 2.24) is 0 Å². The van der Waals surface area contributed by atoms with Crippen LogP contribution < -0.4 is 14.2 Å². The Morgan fingerprint density at radius 2 is 1.80 bits per heavy atom. The van der Waals surface area contributed by atoms with E-state index in [9.17, 15) is 14.0 Å². The van der Waals surface area contributed by atoms with Crippen LogP contribution >= 0.6 is 0 Å². The number of methoxy groups -OCH3 is 2. The van der Waals surface area contributed by atoms with E-state index in [1.165, 1.54) is 38.5 Å². The highest BCUT2D eigenvalue weighted by Gasteiger charge is 2.17. The minimum Gasteiger partial charge on any atom is -0.493 e. The number of esters is 1. The number of rotatable bonds is 8. The van der Waals surface area contributed by atoms with Crippen molar-refractivity contribution in [2.75, 3.05) is 20.8 Å². The van der Waals surface area contributed by atoms with Crippen LogP contribution in [0.2, 0.25) is 0 Å². The van der Waals surface area contributed by atoms with Gasteiger partial charge in [-0.25, -0.2) is 9.18 Å². The van der Waals surface area contributed by atoms with E-state index < -0.39 is 17.4 Å². The van der Waals surface area contributed by atoms with Gasteiger partial charge in [0.05, 0.1) is 14.2 Å². The molecular weight excluding hydrogens is 391 g/mol. The molecule has 160 valence electrons. The Kier molecular flexibility index (Phi) is 7.58. The van der Waals surface area contributed by atoms with Crippen molar-refractivity contribution in [2.24, 2.45) is 0 Å². The Morgan fingerprint density at radius 3 is 2.43 bits per heavy atom. The quantitative estimate of drug-likeness (QED) is 0.359. The van der Waals surface area contributed by atoms with Gasteiger partial charge in [-0.3, -0.25) is 4.79 Å². The fourth-order valence-electron chi connectivity index (χ4n) is 2.55. The highest BCUT2D eigenvalue weighted by Crippen LogP contribution is 2.31. The predicted octanol–water partition coefficient (Wildman–Crippen LogP) is 4.46. The van der Waals surface area contributed by atoms with E-state index in [1.807, 2.05) is 0 Å². The lowest BCUT2D eigenvalue weighted by molar-refractivity contribution is -0.157. The molecule has 7 heteroatoms. The van der Waals surface area contributed by atoms with Crippen LogP contribution in [0.5, 0.6) is 17.2 Å². The molecule has 0 spiro atoms. The Balaban J connectivity index is 2.08. The Bertz CT molecular complexity index is 943. The van der Waals surface area contributed by atoms with Crippen LogP contribution in [0.3, 0.4) is 0 Å². The van der Waals surface area contributed by atoms with E-state index in [0.717, 1.165) is 0 Å². The zero-order chi connectivity index (χ0) is 22.3. The smallest absolute Gasteiger partial charge is 0.344 e. The first-order valence-corrected chi connectivity index (χ1v) is 9.21. The molecule has 0 aliphatic carbocycles. The molecule has 0 fully saturated rings. The number of allylic oxidation sites excluding steroid dienone is 1. The number of benzene rings is 2. The first kappa shape index (κ1) is 22.9. The van der Waals surface area contributed by atoms with Crippen molar-refractivity contribution in [3.8, 4) is 17.2 Å². The van der Waals surface area contributed by atoms with Crippen molar-refractivity contribution in [3.63, 3.8) is 0 Å². The second kappa shape index (κ2) is 9.91. The van der Waals surface area contributed by atoms with Crippen LogP contribution in [0.1, 0.15) is 36.7 Å². The minimum atomic E-state index is -0.605. The third-order valence-electron chi connectivity index (χ3n) is 3.78. The van der Waals surface area contributed by atoms with Gasteiger partial charge in [0.2, 0.25) is 0 Å². The predicted molar refractivity (Wildman–Crippen MR) is 111 cm³/mol. The highest BCUT2D eigenvalue weighted by atomic mass is 19.1. The van der Waals surface area contributed by atoms with Gasteiger partial charge in [0, 0.05) is 5.56 Å². The molecule has 0 unspecified atom stereocenters. The molecule has 2 rings (SSSR count). The summed E-state index contributed by atoms with van der Waals surface area (Å²) in [6.45, 7) is 5.03. The number of carbonyl (C=O) groups excluding carboxylic acids is 2. The fourth-order valence-corrected chi connectivity index (χ4v) is 2.55. The van der Waals surface area contributed by atoms with Gasteiger partial charge in [-0.05, 0) is 56.7 Å². The number of carbonyl (C=O) groups is 2. The summed E-state index contributed by atoms with van der Waals surface area (Å²) in [6.07, 6.45) is 2.79. The van der Waals surface area contributed by atoms with E-state index in [-0.39, 0.29) is 23.9 Å². The number of hydrogen-bond donors (Lipinski definition) is 0. The molecule has 0 bridgehead atoms. The summed E-state index contributed by atoms with van der Waals surface area (Å²) < 4.78 is 34.7. The van der Waals surface area contributed by atoms with E-state index in [4.69, 9.17) is 18.9 Å². The van der Waals surface area contributed by atoms with Crippen LogP contribution in [0.15, 0.2) is 42.5 Å². The summed E-state index contributed by atoms with van der Waals surface area (Å²) in [4.78, 5) is 24.2. The highest BCUT2D eigenvalue weighted by molar-refractivity contribution is 6.07. The number of hydrogen-bond acceptors (Lipinski definition) is 6. The minimum absolute atomic E-state index is 0.00388. The average Bonchev–Trinajstić information content (AvgIpc) is 2.69. The van der Waals surface area contributed by atoms with E-state index in [1.54, 1.807) is 45.0 Å². The molecule has 2 aromatic carbocycles. The second-order valence-electron chi connectivity index (χ2n) is 7.34. The molecule has 0 amide bonds. The monoisotopic (exact) mass is 416 g/mol. The first-order chi connectivity index (χ1) is 14.1. The normalized spacial score (nSPS) is 11.3. The van der Waals surface area contributed by atoms with E-state index in [0.29, 0.717) is 16.9 Å². The maximum Gasteiger partial charge on any atom is 0.344 e. The number of ketones is 1. The van der Waals surface area contributed by atoms with Gasteiger partial charge in [-0.15, -0.1) is 0 Å². The number of ether oxygens (including phenoxy) is 4. The summed E-state index contributed by atoms with van der Waals surface area (Å²) in [5.41, 5.74) is 0.192.